The predicted octanol–water partition coefficient (Wildman–Crippen LogP) is 5.40. The Bertz CT molecular complexity index is 1400. The van der Waals surface area contributed by atoms with Gasteiger partial charge in [-0.1, -0.05) is 17.7 Å². The Kier molecular flexibility index (Phi) is 8.10. The number of benzene rings is 2. The number of aromatic nitrogens is 2. The number of amides is 1. The van der Waals surface area contributed by atoms with Gasteiger partial charge < -0.3 is 24.7 Å². The number of halogens is 3. The topological polar surface area (TPSA) is 116 Å². The summed E-state index contributed by atoms with van der Waals surface area (Å²) in [7, 11) is 0. The number of phenols is 1. The van der Waals surface area contributed by atoms with Crippen molar-refractivity contribution in [3.63, 3.8) is 0 Å². The fraction of sp³-hybridized carbons (Fsp3) is 0.407. The van der Waals surface area contributed by atoms with Crippen molar-refractivity contribution in [3.8, 4) is 16.9 Å². The molecule has 9 nitrogen and oxygen atoms in total. The lowest BCUT2D eigenvalue weighted by Crippen LogP contribution is -2.50. The number of hydrogen-bond acceptors (Lipinski definition) is 7. The zero-order chi connectivity index (χ0) is 28.5. The lowest BCUT2D eigenvalue weighted by atomic mass is 10.0. The van der Waals surface area contributed by atoms with Gasteiger partial charge in [0.25, 0.3) is 0 Å². The minimum Gasteiger partial charge on any atom is -0.507 e. The minimum atomic E-state index is -0.982. The molecule has 39 heavy (non-hydrogen) atoms. The highest BCUT2D eigenvalue weighted by Crippen LogP contribution is 2.42. The molecule has 0 unspecified atom stereocenters. The summed E-state index contributed by atoms with van der Waals surface area (Å²) in [6.45, 7) is 6.72. The Balaban J connectivity index is 1.76. The number of carboxylic acids is 1. The number of ether oxygens (including phenoxy) is 1. The van der Waals surface area contributed by atoms with Crippen LogP contribution in [0.15, 0.2) is 24.3 Å². The Morgan fingerprint density at radius 1 is 1.10 bits per heavy atom. The number of carboxylic acid groups (broad SMARTS) is 1. The average molecular weight is 563 g/mol. The number of fused-ring (bicyclic) bond motifs is 1. The van der Waals surface area contributed by atoms with E-state index in [1.54, 1.807) is 25.7 Å². The van der Waals surface area contributed by atoms with Crippen LogP contribution in [0.1, 0.15) is 39.4 Å². The summed E-state index contributed by atoms with van der Waals surface area (Å²) in [5.41, 5.74) is -1.50. The molecular weight excluding hydrogens is 534 g/mol. The van der Waals surface area contributed by atoms with Crippen LogP contribution in [0, 0.1) is 11.6 Å². The second kappa shape index (κ2) is 11.2. The van der Waals surface area contributed by atoms with Gasteiger partial charge in [0, 0.05) is 50.0 Å². The van der Waals surface area contributed by atoms with E-state index in [0.29, 0.717) is 32.0 Å². The highest BCUT2D eigenvalue weighted by Gasteiger charge is 2.29. The zero-order valence-electron chi connectivity index (χ0n) is 21.8. The summed E-state index contributed by atoms with van der Waals surface area (Å²) < 4.78 is 36.2. The second-order valence-electron chi connectivity index (χ2n) is 10.2. The maximum absolute atomic E-state index is 16.0. The Morgan fingerprint density at radius 2 is 1.79 bits per heavy atom. The van der Waals surface area contributed by atoms with E-state index in [9.17, 15) is 19.1 Å². The van der Waals surface area contributed by atoms with Crippen LogP contribution in [0.2, 0.25) is 5.02 Å². The molecule has 0 spiro atoms. The van der Waals surface area contributed by atoms with Crippen molar-refractivity contribution < 1.29 is 33.3 Å². The van der Waals surface area contributed by atoms with Gasteiger partial charge in [-0.3, -0.25) is 4.79 Å². The van der Waals surface area contributed by atoms with Crippen molar-refractivity contribution >= 4 is 40.4 Å². The van der Waals surface area contributed by atoms with Crippen molar-refractivity contribution in [2.45, 2.75) is 45.6 Å². The van der Waals surface area contributed by atoms with Crippen molar-refractivity contribution in [1.29, 1.82) is 0 Å². The van der Waals surface area contributed by atoms with Crippen molar-refractivity contribution in [2.24, 2.45) is 0 Å². The van der Waals surface area contributed by atoms with Crippen LogP contribution in [-0.4, -0.2) is 68.9 Å². The molecule has 1 aliphatic rings. The Labute approximate surface area is 229 Å². The lowest BCUT2D eigenvalue weighted by molar-refractivity contribution is -0.137. The first kappa shape index (κ1) is 28.3. The van der Waals surface area contributed by atoms with Crippen LogP contribution in [0.5, 0.6) is 5.75 Å². The molecule has 1 aromatic heterocycles. The number of aromatic hydroxyl groups is 1. The summed E-state index contributed by atoms with van der Waals surface area (Å²) in [4.78, 5) is 35.9. The number of carbonyl (C=O) groups is 2. The summed E-state index contributed by atoms with van der Waals surface area (Å²) in [5.74, 6) is -2.69. The van der Waals surface area contributed by atoms with E-state index < -0.39 is 35.0 Å². The number of nitrogens with zero attached hydrogens (tertiary/aromatic N) is 4. The molecule has 4 rings (SSSR count). The monoisotopic (exact) mass is 562 g/mol. The molecule has 2 aromatic carbocycles. The number of rotatable bonds is 6. The van der Waals surface area contributed by atoms with Crippen LogP contribution in [0.4, 0.5) is 19.4 Å². The standard InChI is InChI=1S/C27H29ClF2N4O5/c1-27(2,3)39-26(38)34-12-10-33(11-13-34)25-15-14-16(28)21(22-17(29)6-4-7-18(22)35)23(30)24(15)31-19(32-25)8-5-9-20(36)37/h4,6-7,14,35H,5,8-13H2,1-3H3,(H,36,37). The number of aryl methyl sites for hydroxylation is 1. The van der Waals surface area contributed by atoms with Crippen LogP contribution in [0.3, 0.4) is 0 Å². The van der Waals surface area contributed by atoms with Crippen LogP contribution >= 0.6 is 11.6 Å². The zero-order valence-corrected chi connectivity index (χ0v) is 22.6. The quantitative estimate of drug-likeness (QED) is 0.410. The normalized spacial score (nSPS) is 14.1. The predicted molar refractivity (Wildman–Crippen MR) is 142 cm³/mol. The summed E-state index contributed by atoms with van der Waals surface area (Å²) in [6, 6.07) is 5.03. The van der Waals surface area contributed by atoms with Gasteiger partial charge in [0.15, 0.2) is 5.82 Å². The van der Waals surface area contributed by atoms with Gasteiger partial charge in [-0.25, -0.2) is 23.5 Å². The first-order valence-electron chi connectivity index (χ1n) is 12.5. The molecule has 0 aliphatic carbocycles. The number of hydrogen-bond donors (Lipinski definition) is 2. The summed E-state index contributed by atoms with van der Waals surface area (Å²) in [6.07, 6.45) is -0.173. The van der Waals surface area contributed by atoms with Gasteiger partial charge in [0.1, 0.15) is 34.3 Å². The molecule has 1 aliphatic heterocycles. The molecule has 208 valence electrons. The van der Waals surface area contributed by atoms with Crippen LogP contribution < -0.4 is 4.90 Å². The lowest BCUT2D eigenvalue weighted by Gasteiger charge is -2.36. The average Bonchev–Trinajstić information content (AvgIpc) is 2.84. The van der Waals surface area contributed by atoms with E-state index in [-0.39, 0.29) is 52.1 Å². The van der Waals surface area contributed by atoms with Crippen LogP contribution in [-0.2, 0) is 16.0 Å². The van der Waals surface area contributed by atoms with E-state index in [1.165, 1.54) is 18.2 Å². The molecule has 12 heteroatoms. The molecule has 3 aromatic rings. The van der Waals surface area contributed by atoms with E-state index in [0.717, 1.165) is 6.07 Å². The van der Waals surface area contributed by atoms with Crippen molar-refractivity contribution in [1.82, 2.24) is 14.9 Å². The first-order chi connectivity index (χ1) is 18.4. The van der Waals surface area contributed by atoms with Crippen LogP contribution in [0.25, 0.3) is 22.0 Å². The second-order valence-corrected chi connectivity index (χ2v) is 10.6. The fourth-order valence-corrected chi connectivity index (χ4v) is 4.68. The SMILES string of the molecule is CC(C)(C)OC(=O)N1CCN(c2nc(CCCC(=O)O)nc3c(F)c(-c4c(O)cccc4F)c(Cl)cc23)CC1. The van der Waals surface area contributed by atoms with Crippen molar-refractivity contribution in [3.05, 3.63) is 46.7 Å². The molecule has 2 heterocycles. The largest absolute Gasteiger partial charge is 0.507 e. The molecular formula is C27H29ClF2N4O5. The molecule has 0 atom stereocenters. The molecule has 1 fully saturated rings. The van der Waals surface area contributed by atoms with Gasteiger partial charge in [-0.05, 0) is 45.4 Å². The maximum atomic E-state index is 16.0. The minimum absolute atomic E-state index is 0.122. The number of carbonyl (C=O) groups excluding carboxylic acids is 1. The number of aliphatic carboxylic acids is 1. The maximum Gasteiger partial charge on any atom is 0.410 e. The summed E-state index contributed by atoms with van der Waals surface area (Å²) in [5, 5.41) is 19.4. The van der Waals surface area contributed by atoms with Gasteiger partial charge in [-0.2, -0.15) is 0 Å². The van der Waals surface area contributed by atoms with E-state index in [4.69, 9.17) is 21.4 Å². The molecule has 1 saturated heterocycles. The molecule has 0 radical (unpaired) electrons. The van der Waals surface area contributed by atoms with E-state index in [1.807, 2.05) is 4.90 Å². The summed E-state index contributed by atoms with van der Waals surface area (Å²) >= 11 is 6.46. The van der Waals surface area contributed by atoms with Gasteiger partial charge in [-0.15, -0.1) is 0 Å². The third kappa shape index (κ3) is 6.30. The highest BCUT2D eigenvalue weighted by atomic mass is 35.5. The number of anilines is 1. The Morgan fingerprint density at radius 3 is 2.41 bits per heavy atom. The number of phenolic OH excluding ortho intramolecular Hbond substituents is 1. The number of piperazine rings is 1. The fourth-order valence-electron chi connectivity index (χ4n) is 4.39. The van der Waals surface area contributed by atoms with Gasteiger partial charge >= 0.3 is 12.1 Å². The van der Waals surface area contributed by atoms with Crippen molar-refractivity contribution in [2.75, 3.05) is 31.1 Å². The molecule has 1 amide bonds. The molecule has 0 bridgehead atoms. The molecule has 2 N–H and O–H groups in total. The highest BCUT2D eigenvalue weighted by molar-refractivity contribution is 6.34. The third-order valence-corrected chi connectivity index (χ3v) is 6.47. The van der Waals surface area contributed by atoms with Gasteiger partial charge in [0.2, 0.25) is 0 Å². The Hall–Kier alpha value is -3.73. The smallest absolute Gasteiger partial charge is 0.410 e. The third-order valence-electron chi connectivity index (χ3n) is 6.17. The molecule has 0 saturated carbocycles. The first-order valence-corrected chi connectivity index (χ1v) is 12.8. The van der Waals surface area contributed by atoms with E-state index in [2.05, 4.69) is 9.97 Å². The van der Waals surface area contributed by atoms with Gasteiger partial charge in [0.05, 0.1) is 10.6 Å². The van der Waals surface area contributed by atoms with E-state index >= 15 is 4.39 Å².